The number of hydrogen-bond acceptors (Lipinski definition) is 3. The van der Waals surface area contributed by atoms with Gasteiger partial charge in [0.1, 0.15) is 11.5 Å². The van der Waals surface area contributed by atoms with Crippen molar-refractivity contribution >= 4 is 40.1 Å². The fourth-order valence-corrected chi connectivity index (χ4v) is 4.66. The van der Waals surface area contributed by atoms with Crippen molar-refractivity contribution in [1.82, 2.24) is 8.97 Å². The molecule has 0 unspecified atom stereocenters. The van der Waals surface area contributed by atoms with E-state index in [0.717, 1.165) is 34.4 Å². The molecule has 26 heavy (non-hydrogen) atoms. The second-order valence-corrected chi connectivity index (χ2v) is 7.83. The summed E-state index contributed by atoms with van der Waals surface area (Å²) in [4.78, 5) is 14.1. The van der Waals surface area contributed by atoms with Gasteiger partial charge < -0.3 is 0 Å². The van der Waals surface area contributed by atoms with Crippen molar-refractivity contribution in [2.24, 2.45) is 0 Å². The average molecular weight is 385 g/mol. The van der Waals surface area contributed by atoms with E-state index in [2.05, 4.69) is 6.92 Å². The molecule has 2 aromatic heterocycles. The van der Waals surface area contributed by atoms with Crippen molar-refractivity contribution in [2.45, 2.75) is 26.3 Å². The van der Waals surface area contributed by atoms with Gasteiger partial charge in [0.15, 0.2) is 3.95 Å². The third-order valence-corrected chi connectivity index (χ3v) is 5.92. The lowest BCUT2D eigenvalue weighted by atomic mass is 10.2. The van der Waals surface area contributed by atoms with Crippen molar-refractivity contribution in [2.75, 3.05) is 0 Å². The molecule has 0 atom stereocenters. The summed E-state index contributed by atoms with van der Waals surface area (Å²) >= 11 is 7.09. The largest absolute Gasteiger partial charge is 0.292 e. The Morgan fingerprint density at radius 3 is 2.58 bits per heavy atom. The van der Waals surface area contributed by atoms with Gasteiger partial charge in [0.25, 0.3) is 5.56 Å². The lowest BCUT2D eigenvalue weighted by Gasteiger charge is -2.13. The molecular weight excluding hydrogens is 367 g/mol. The van der Waals surface area contributed by atoms with Crippen LogP contribution in [0.15, 0.2) is 53.3 Å². The third-order valence-electron chi connectivity index (χ3n) is 4.50. The minimum absolute atomic E-state index is 0.00906. The fraction of sp³-hybridized carbons (Fsp3) is 0.200. The number of aryl methyl sites for hydroxylation is 1. The number of para-hydroxylation sites is 1. The maximum absolute atomic E-state index is 13.4. The Kier molecular flexibility index (Phi) is 4.46. The molecule has 0 fully saturated rings. The van der Waals surface area contributed by atoms with E-state index >= 15 is 0 Å². The molecule has 3 nitrogen and oxygen atoms in total. The summed E-state index contributed by atoms with van der Waals surface area (Å²) in [6, 6.07) is 13.9. The van der Waals surface area contributed by atoms with Gasteiger partial charge in [-0.2, -0.15) is 0 Å². The Bertz CT molecular complexity index is 1220. The zero-order valence-corrected chi connectivity index (χ0v) is 15.9. The molecule has 0 aliphatic rings. The first-order chi connectivity index (χ1) is 12.6. The number of halogens is 1. The van der Waals surface area contributed by atoms with Crippen LogP contribution in [0, 0.1) is 9.77 Å². The molecule has 0 aliphatic carbocycles. The van der Waals surface area contributed by atoms with Crippen LogP contribution in [0.25, 0.3) is 27.0 Å². The third kappa shape index (κ3) is 2.70. The van der Waals surface area contributed by atoms with Gasteiger partial charge in [0.05, 0.1) is 15.8 Å². The van der Waals surface area contributed by atoms with Gasteiger partial charge in [-0.05, 0) is 48.5 Å². The molecule has 0 saturated heterocycles. The number of benzene rings is 2. The average Bonchev–Trinajstić information content (AvgIpc) is 3.00. The summed E-state index contributed by atoms with van der Waals surface area (Å²) in [7, 11) is 0. The van der Waals surface area contributed by atoms with Crippen LogP contribution >= 0.6 is 23.6 Å². The highest BCUT2D eigenvalue weighted by atomic mass is 32.1. The zero-order chi connectivity index (χ0) is 18.3. The SMILES string of the molecule is CCCCn1c(=O)c2ccccc2n2c(=S)sc(-c3ccc(F)cc3)c12. The first kappa shape index (κ1) is 17.1. The van der Waals surface area contributed by atoms with Crippen molar-refractivity contribution in [1.29, 1.82) is 0 Å². The summed E-state index contributed by atoms with van der Waals surface area (Å²) in [5.41, 5.74) is 2.47. The normalized spacial score (nSPS) is 11.5. The molecule has 0 saturated carbocycles. The van der Waals surface area contributed by atoms with Crippen LogP contribution in [0.5, 0.6) is 0 Å². The van der Waals surface area contributed by atoms with E-state index in [-0.39, 0.29) is 11.4 Å². The van der Waals surface area contributed by atoms with E-state index in [0.29, 0.717) is 15.9 Å². The molecule has 132 valence electrons. The number of rotatable bonds is 4. The predicted molar refractivity (Wildman–Crippen MR) is 108 cm³/mol. The van der Waals surface area contributed by atoms with Crippen LogP contribution in [0.3, 0.4) is 0 Å². The van der Waals surface area contributed by atoms with Gasteiger partial charge in [0, 0.05) is 6.54 Å². The Labute approximate surface area is 159 Å². The maximum Gasteiger partial charge on any atom is 0.261 e. The van der Waals surface area contributed by atoms with Crippen molar-refractivity contribution in [3.05, 3.63) is 68.7 Å². The van der Waals surface area contributed by atoms with Crippen LogP contribution < -0.4 is 5.56 Å². The van der Waals surface area contributed by atoms with Crippen LogP contribution in [0.2, 0.25) is 0 Å². The highest BCUT2D eigenvalue weighted by Gasteiger charge is 2.17. The topological polar surface area (TPSA) is 26.4 Å². The van der Waals surface area contributed by atoms with E-state index in [1.165, 1.54) is 23.5 Å². The van der Waals surface area contributed by atoms with E-state index in [9.17, 15) is 9.18 Å². The van der Waals surface area contributed by atoms with Gasteiger partial charge in [-0.25, -0.2) is 4.39 Å². The predicted octanol–water partition coefficient (Wildman–Crippen LogP) is 5.65. The Balaban J connectivity index is 2.16. The second kappa shape index (κ2) is 6.78. The molecule has 6 heteroatoms. The number of hydrogen-bond donors (Lipinski definition) is 0. The molecule has 0 aliphatic heterocycles. The van der Waals surface area contributed by atoms with Crippen LogP contribution in [0.1, 0.15) is 19.8 Å². The van der Waals surface area contributed by atoms with E-state index in [1.54, 1.807) is 12.1 Å². The Hall–Kier alpha value is -2.31. The van der Waals surface area contributed by atoms with Crippen molar-refractivity contribution in [3.63, 3.8) is 0 Å². The standard InChI is InChI=1S/C20H17FN2OS2/c1-2-3-12-22-18-17(13-8-10-14(21)11-9-13)26-20(25)23(18)16-7-5-4-6-15(16)19(22)24/h4-11H,2-3,12H2,1H3. The van der Waals surface area contributed by atoms with Crippen molar-refractivity contribution in [3.8, 4) is 10.4 Å². The molecular formula is C20H17FN2OS2. The molecule has 0 radical (unpaired) electrons. The number of fused-ring (bicyclic) bond motifs is 3. The Morgan fingerprint density at radius 1 is 1.12 bits per heavy atom. The molecule has 4 rings (SSSR count). The lowest BCUT2D eigenvalue weighted by Crippen LogP contribution is -2.23. The number of thiazole rings is 1. The summed E-state index contributed by atoms with van der Waals surface area (Å²) in [5, 5.41) is 0.663. The minimum Gasteiger partial charge on any atom is -0.292 e. The maximum atomic E-state index is 13.4. The smallest absolute Gasteiger partial charge is 0.261 e. The van der Waals surface area contributed by atoms with Gasteiger partial charge in [-0.15, -0.1) is 11.3 Å². The lowest BCUT2D eigenvalue weighted by molar-refractivity contribution is 0.626. The number of aromatic nitrogens is 2. The van der Waals surface area contributed by atoms with E-state index in [4.69, 9.17) is 12.2 Å². The monoisotopic (exact) mass is 384 g/mol. The van der Waals surface area contributed by atoms with Crippen LogP contribution in [-0.4, -0.2) is 8.97 Å². The van der Waals surface area contributed by atoms with Gasteiger partial charge in [-0.1, -0.05) is 37.6 Å². The van der Waals surface area contributed by atoms with Crippen LogP contribution in [0.4, 0.5) is 4.39 Å². The summed E-state index contributed by atoms with van der Waals surface area (Å²) in [5.74, 6) is -0.283. The zero-order valence-electron chi connectivity index (χ0n) is 14.2. The molecule has 4 aromatic rings. The molecule has 0 bridgehead atoms. The second-order valence-electron chi connectivity index (χ2n) is 6.19. The van der Waals surface area contributed by atoms with Gasteiger partial charge in [0.2, 0.25) is 0 Å². The quantitative estimate of drug-likeness (QED) is 0.425. The first-order valence-corrected chi connectivity index (χ1v) is 9.77. The first-order valence-electron chi connectivity index (χ1n) is 8.55. The summed E-state index contributed by atoms with van der Waals surface area (Å²) in [6.45, 7) is 2.73. The highest BCUT2D eigenvalue weighted by Crippen LogP contribution is 2.33. The minimum atomic E-state index is -0.283. The fourth-order valence-electron chi connectivity index (χ4n) is 3.23. The van der Waals surface area contributed by atoms with Crippen molar-refractivity contribution < 1.29 is 4.39 Å². The van der Waals surface area contributed by atoms with Gasteiger partial charge >= 0.3 is 0 Å². The molecule has 0 spiro atoms. The molecule has 0 amide bonds. The number of unbranched alkanes of at least 4 members (excludes halogenated alkanes) is 1. The molecule has 2 aromatic carbocycles. The van der Waals surface area contributed by atoms with Gasteiger partial charge in [-0.3, -0.25) is 13.8 Å². The molecule has 2 heterocycles. The number of nitrogens with zero attached hydrogens (tertiary/aromatic N) is 2. The Morgan fingerprint density at radius 2 is 1.85 bits per heavy atom. The summed E-state index contributed by atoms with van der Waals surface area (Å²) in [6.07, 6.45) is 1.89. The van der Waals surface area contributed by atoms with Crippen LogP contribution in [-0.2, 0) is 6.54 Å². The summed E-state index contributed by atoms with van der Waals surface area (Å²) < 4.78 is 17.8. The molecule has 0 N–H and O–H groups in total. The van der Waals surface area contributed by atoms with E-state index in [1.807, 2.05) is 33.2 Å². The van der Waals surface area contributed by atoms with E-state index < -0.39 is 0 Å². The highest BCUT2D eigenvalue weighted by molar-refractivity contribution is 7.73.